The number of pyridine rings is 1. The van der Waals surface area contributed by atoms with Gasteiger partial charge in [-0.2, -0.15) is 5.26 Å². The van der Waals surface area contributed by atoms with Crippen molar-refractivity contribution in [3.05, 3.63) is 52.3 Å². The highest BCUT2D eigenvalue weighted by molar-refractivity contribution is 9.10. The van der Waals surface area contributed by atoms with Gasteiger partial charge in [-0.3, -0.25) is 15.6 Å². The standard InChI is InChI=1S/C13H10BrN5O/c14-9-2-1-8(7-15)11(5-9)18-13(20)12-6-10(19-16)3-4-17-12/h1-6H,16H2,(H,17,19)(H,18,20). The van der Waals surface area contributed by atoms with Crippen LogP contribution in [-0.4, -0.2) is 10.9 Å². The van der Waals surface area contributed by atoms with E-state index in [-0.39, 0.29) is 5.69 Å². The zero-order chi connectivity index (χ0) is 14.5. The van der Waals surface area contributed by atoms with E-state index in [1.807, 2.05) is 6.07 Å². The molecule has 0 fully saturated rings. The van der Waals surface area contributed by atoms with E-state index in [0.717, 1.165) is 4.47 Å². The van der Waals surface area contributed by atoms with Crippen molar-refractivity contribution in [2.45, 2.75) is 0 Å². The third-order valence-electron chi connectivity index (χ3n) is 2.51. The number of nitriles is 1. The summed E-state index contributed by atoms with van der Waals surface area (Å²) in [6.45, 7) is 0. The number of carbonyl (C=O) groups excluding carboxylic acids is 1. The number of rotatable bonds is 3. The van der Waals surface area contributed by atoms with Gasteiger partial charge >= 0.3 is 0 Å². The minimum atomic E-state index is -0.420. The molecule has 7 heteroatoms. The molecule has 0 unspecified atom stereocenters. The molecule has 0 spiro atoms. The number of hydrogen-bond acceptors (Lipinski definition) is 5. The van der Waals surface area contributed by atoms with Gasteiger partial charge in [0, 0.05) is 10.7 Å². The van der Waals surface area contributed by atoms with Gasteiger partial charge in [0.2, 0.25) is 0 Å². The van der Waals surface area contributed by atoms with Crippen molar-refractivity contribution in [3.63, 3.8) is 0 Å². The van der Waals surface area contributed by atoms with Crippen LogP contribution < -0.4 is 16.6 Å². The summed E-state index contributed by atoms with van der Waals surface area (Å²) in [6.07, 6.45) is 1.47. The van der Waals surface area contributed by atoms with Gasteiger partial charge in [0.15, 0.2) is 0 Å². The van der Waals surface area contributed by atoms with Crippen LogP contribution in [-0.2, 0) is 0 Å². The summed E-state index contributed by atoms with van der Waals surface area (Å²) < 4.78 is 0.761. The molecule has 2 rings (SSSR count). The highest BCUT2D eigenvalue weighted by atomic mass is 79.9. The third kappa shape index (κ3) is 3.12. The Balaban J connectivity index is 2.28. The van der Waals surface area contributed by atoms with E-state index in [4.69, 9.17) is 11.1 Å². The van der Waals surface area contributed by atoms with Crippen molar-refractivity contribution in [3.8, 4) is 6.07 Å². The van der Waals surface area contributed by atoms with Crippen molar-refractivity contribution in [1.82, 2.24) is 4.98 Å². The Morgan fingerprint density at radius 1 is 1.35 bits per heavy atom. The van der Waals surface area contributed by atoms with Crippen LogP contribution in [0.15, 0.2) is 41.0 Å². The molecule has 1 heterocycles. The lowest BCUT2D eigenvalue weighted by atomic mass is 10.2. The first-order valence-corrected chi connectivity index (χ1v) is 6.37. The second kappa shape index (κ2) is 6.14. The number of hydrogen-bond donors (Lipinski definition) is 3. The van der Waals surface area contributed by atoms with Crippen molar-refractivity contribution >= 4 is 33.2 Å². The maximum absolute atomic E-state index is 12.1. The zero-order valence-corrected chi connectivity index (χ0v) is 11.8. The van der Waals surface area contributed by atoms with Crippen LogP contribution >= 0.6 is 15.9 Å². The summed E-state index contributed by atoms with van der Waals surface area (Å²) >= 11 is 3.29. The van der Waals surface area contributed by atoms with Crippen molar-refractivity contribution in [2.75, 3.05) is 10.7 Å². The van der Waals surface area contributed by atoms with Crippen LogP contribution in [0.2, 0.25) is 0 Å². The van der Waals surface area contributed by atoms with E-state index in [2.05, 4.69) is 31.7 Å². The Bertz CT molecular complexity index is 695. The van der Waals surface area contributed by atoms with Crippen LogP contribution in [0.5, 0.6) is 0 Å². The average Bonchev–Trinajstić information content (AvgIpc) is 2.47. The summed E-state index contributed by atoms with van der Waals surface area (Å²) in [5, 5.41) is 11.7. The molecule has 20 heavy (non-hydrogen) atoms. The second-order valence-corrected chi connectivity index (χ2v) is 4.75. The number of anilines is 2. The molecule has 1 aromatic carbocycles. The molecule has 0 aliphatic rings. The predicted octanol–water partition coefficient (Wildman–Crippen LogP) is 2.25. The number of amides is 1. The van der Waals surface area contributed by atoms with Crippen LogP contribution in [0.3, 0.4) is 0 Å². The van der Waals surface area contributed by atoms with Gasteiger partial charge in [-0.05, 0) is 30.3 Å². The Morgan fingerprint density at radius 3 is 2.85 bits per heavy atom. The summed E-state index contributed by atoms with van der Waals surface area (Å²) in [6, 6.07) is 10.2. The summed E-state index contributed by atoms with van der Waals surface area (Å²) in [5.74, 6) is 4.86. The largest absolute Gasteiger partial charge is 0.324 e. The van der Waals surface area contributed by atoms with Gasteiger partial charge in [-0.15, -0.1) is 0 Å². The normalized spacial score (nSPS) is 9.65. The monoisotopic (exact) mass is 331 g/mol. The highest BCUT2D eigenvalue weighted by Gasteiger charge is 2.11. The van der Waals surface area contributed by atoms with Crippen molar-refractivity contribution < 1.29 is 4.79 Å². The molecule has 0 atom stereocenters. The number of nitrogens with one attached hydrogen (secondary N) is 2. The van der Waals surface area contributed by atoms with E-state index >= 15 is 0 Å². The molecular formula is C13H10BrN5O. The molecule has 0 saturated heterocycles. The van der Waals surface area contributed by atoms with Crippen LogP contribution in [0, 0.1) is 11.3 Å². The lowest BCUT2D eigenvalue weighted by Gasteiger charge is -2.08. The number of nitrogen functional groups attached to an aromatic ring is 1. The number of hydrazine groups is 1. The van der Waals surface area contributed by atoms with Gasteiger partial charge in [0.25, 0.3) is 5.91 Å². The van der Waals surface area contributed by atoms with Gasteiger partial charge in [-0.25, -0.2) is 0 Å². The maximum atomic E-state index is 12.1. The Labute approximate surface area is 123 Å². The van der Waals surface area contributed by atoms with E-state index in [0.29, 0.717) is 16.9 Å². The lowest BCUT2D eigenvalue weighted by Crippen LogP contribution is -2.15. The van der Waals surface area contributed by atoms with Gasteiger partial charge < -0.3 is 10.7 Å². The van der Waals surface area contributed by atoms with Crippen molar-refractivity contribution in [2.24, 2.45) is 5.84 Å². The van der Waals surface area contributed by atoms with E-state index in [9.17, 15) is 4.79 Å². The lowest BCUT2D eigenvalue weighted by molar-refractivity contribution is 0.102. The Morgan fingerprint density at radius 2 is 2.15 bits per heavy atom. The van der Waals surface area contributed by atoms with Gasteiger partial charge in [0.05, 0.1) is 16.9 Å². The van der Waals surface area contributed by atoms with Crippen LogP contribution in [0.1, 0.15) is 16.1 Å². The topological polar surface area (TPSA) is 104 Å². The van der Waals surface area contributed by atoms with E-state index in [1.165, 1.54) is 12.3 Å². The molecule has 0 aliphatic carbocycles. The van der Waals surface area contributed by atoms with Crippen molar-refractivity contribution in [1.29, 1.82) is 5.26 Å². The Kier molecular flexibility index (Phi) is 4.30. The predicted molar refractivity (Wildman–Crippen MR) is 78.9 cm³/mol. The molecule has 1 amide bonds. The first-order chi connectivity index (χ1) is 9.63. The number of nitrogens with two attached hydrogens (primary N) is 1. The molecule has 4 N–H and O–H groups in total. The fraction of sp³-hybridized carbons (Fsp3) is 0. The summed E-state index contributed by atoms with van der Waals surface area (Å²) in [7, 11) is 0. The molecule has 1 aromatic heterocycles. The molecule has 0 aliphatic heterocycles. The molecule has 0 saturated carbocycles. The van der Waals surface area contributed by atoms with Crippen LogP contribution in [0.4, 0.5) is 11.4 Å². The third-order valence-corrected chi connectivity index (χ3v) is 3.00. The minimum absolute atomic E-state index is 0.198. The molecular weight excluding hydrogens is 322 g/mol. The molecule has 100 valence electrons. The highest BCUT2D eigenvalue weighted by Crippen LogP contribution is 2.21. The van der Waals surface area contributed by atoms with Gasteiger partial charge in [-0.1, -0.05) is 15.9 Å². The maximum Gasteiger partial charge on any atom is 0.274 e. The summed E-state index contributed by atoms with van der Waals surface area (Å²) in [4.78, 5) is 16.1. The molecule has 6 nitrogen and oxygen atoms in total. The SMILES string of the molecule is N#Cc1ccc(Br)cc1NC(=O)c1cc(NN)ccn1. The zero-order valence-electron chi connectivity index (χ0n) is 10.2. The first kappa shape index (κ1) is 14.0. The first-order valence-electron chi connectivity index (χ1n) is 5.57. The van der Waals surface area contributed by atoms with Gasteiger partial charge in [0.1, 0.15) is 11.8 Å². The molecule has 0 radical (unpaired) electrons. The Hall–Kier alpha value is -2.43. The fourth-order valence-corrected chi connectivity index (χ4v) is 1.91. The quantitative estimate of drug-likeness (QED) is 0.591. The molecule has 2 aromatic rings. The summed E-state index contributed by atoms with van der Waals surface area (Å²) in [5.41, 5.74) is 3.99. The van der Waals surface area contributed by atoms with E-state index < -0.39 is 5.91 Å². The van der Waals surface area contributed by atoms with E-state index in [1.54, 1.807) is 24.3 Å². The minimum Gasteiger partial charge on any atom is -0.324 e. The molecule has 0 bridgehead atoms. The number of nitrogens with zero attached hydrogens (tertiary/aromatic N) is 2. The average molecular weight is 332 g/mol. The number of halogens is 1. The number of carbonyl (C=O) groups is 1. The van der Waals surface area contributed by atoms with Crippen LogP contribution in [0.25, 0.3) is 0 Å². The second-order valence-electron chi connectivity index (χ2n) is 3.83. The number of aromatic nitrogens is 1. The number of benzene rings is 1. The smallest absolute Gasteiger partial charge is 0.274 e. The fourth-order valence-electron chi connectivity index (χ4n) is 1.55.